The van der Waals surface area contributed by atoms with Gasteiger partial charge in [0.05, 0.1) is 17.0 Å². The van der Waals surface area contributed by atoms with Crippen molar-refractivity contribution in [1.82, 2.24) is 9.97 Å². The molecule has 6 nitrogen and oxygen atoms in total. The van der Waals surface area contributed by atoms with Crippen molar-refractivity contribution in [3.8, 4) is 40.3 Å². The Morgan fingerprint density at radius 3 is 2.41 bits per heavy atom. The predicted molar refractivity (Wildman–Crippen MR) is 136 cm³/mol. The summed E-state index contributed by atoms with van der Waals surface area (Å²) in [5, 5.41) is 23.1. The molecule has 0 fully saturated rings. The van der Waals surface area contributed by atoms with Crippen molar-refractivity contribution in [3.05, 3.63) is 88.8 Å². The van der Waals surface area contributed by atoms with Crippen LogP contribution < -0.4 is 10.5 Å². The Morgan fingerprint density at radius 1 is 1.00 bits per heavy atom. The third-order valence-electron chi connectivity index (χ3n) is 4.88. The zero-order valence-electron chi connectivity index (χ0n) is 18.1. The van der Waals surface area contributed by atoms with Crippen LogP contribution in [0.3, 0.4) is 0 Å². The van der Waals surface area contributed by atoms with Crippen LogP contribution in [0.15, 0.2) is 77.7 Å². The Hall–Kier alpha value is -4.11. The number of nitrogens with zero attached hydrogens (tertiary/aromatic N) is 4. The van der Waals surface area contributed by atoms with Gasteiger partial charge in [0.15, 0.2) is 0 Å². The van der Waals surface area contributed by atoms with E-state index >= 15 is 0 Å². The van der Waals surface area contributed by atoms with Gasteiger partial charge in [-0.2, -0.15) is 10.5 Å². The van der Waals surface area contributed by atoms with Gasteiger partial charge in [0, 0.05) is 16.5 Å². The number of ether oxygens (including phenoxy) is 1. The van der Waals surface area contributed by atoms with Gasteiger partial charge in [0.1, 0.15) is 45.9 Å². The first kappa shape index (κ1) is 23.1. The van der Waals surface area contributed by atoms with Crippen LogP contribution in [0.5, 0.6) is 5.75 Å². The van der Waals surface area contributed by atoms with Crippen molar-refractivity contribution in [1.29, 1.82) is 10.5 Å². The molecule has 4 rings (SSSR count). The lowest BCUT2D eigenvalue weighted by Gasteiger charge is -2.13. The lowest BCUT2D eigenvalue weighted by atomic mass is 9.97. The number of benzene rings is 2. The molecule has 0 atom stereocenters. The molecule has 2 heterocycles. The third-order valence-corrected chi connectivity index (χ3v) is 6.90. The van der Waals surface area contributed by atoms with Gasteiger partial charge in [-0.3, -0.25) is 0 Å². The second-order valence-corrected chi connectivity index (χ2v) is 8.96. The van der Waals surface area contributed by atoms with Gasteiger partial charge < -0.3 is 10.5 Å². The first-order valence-electron chi connectivity index (χ1n) is 10.2. The van der Waals surface area contributed by atoms with E-state index in [2.05, 4.69) is 23.7 Å². The summed E-state index contributed by atoms with van der Waals surface area (Å²) >= 11 is 2.93. The van der Waals surface area contributed by atoms with Crippen LogP contribution in [0.4, 0.5) is 5.82 Å². The fourth-order valence-electron chi connectivity index (χ4n) is 3.31. The molecule has 0 aliphatic rings. The Morgan fingerprint density at radius 2 is 1.74 bits per heavy atom. The molecule has 166 valence electrons. The lowest BCUT2D eigenvalue weighted by molar-refractivity contribution is 0.363. The number of anilines is 1. The number of aromatic nitrogens is 2. The molecule has 4 aromatic rings. The Labute approximate surface area is 206 Å². The van der Waals surface area contributed by atoms with Crippen molar-refractivity contribution in [2.24, 2.45) is 0 Å². The summed E-state index contributed by atoms with van der Waals surface area (Å²) < 4.78 is 5.53. The Kier molecular flexibility index (Phi) is 7.24. The van der Waals surface area contributed by atoms with Gasteiger partial charge in [-0.1, -0.05) is 66.9 Å². The summed E-state index contributed by atoms with van der Waals surface area (Å²) in [6.07, 6.45) is 1.66. The molecule has 0 spiro atoms. The van der Waals surface area contributed by atoms with Crippen LogP contribution in [0.1, 0.15) is 16.1 Å². The number of nitrogens with two attached hydrogens (primary N) is 1. The van der Waals surface area contributed by atoms with E-state index in [1.54, 1.807) is 41.7 Å². The highest BCUT2D eigenvalue weighted by molar-refractivity contribution is 7.98. The van der Waals surface area contributed by atoms with Crippen LogP contribution in [-0.2, 0) is 5.75 Å². The summed E-state index contributed by atoms with van der Waals surface area (Å²) in [5.74, 6) is 1.28. The standard InChI is InChI=1S/C26H19N5OS2/c1-2-12-32-19-10-8-18(9-11-19)24-20(13-27)25(29)31-26(21(24)14-28)34-16-23-30-22(15-33-23)17-6-4-3-5-7-17/h2-11,15H,1,12,16H2,(H2,29,31). The number of rotatable bonds is 8. The molecule has 0 aliphatic carbocycles. The lowest BCUT2D eigenvalue weighted by Crippen LogP contribution is -2.03. The maximum absolute atomic E-state index is 9.99. The quantitative estimate of drug-likeness (QED) is 0.241. The average Bonchev–Trinajstić information content (AvgIpc) is 3.36. The average molecular weight is 482 g/mol. The second-order valence-electron chi connectivity index (χ2n) is 7.06. The topological polar surface area (TPSA) is 109 Å². The maximum atomic E-state index is 9.99. The highest BCUT2D eigenvalue weighted by Crippen LogP contribution is 2.37. The van der Waals surface area contributed by atoms with E-state index in [0.29, 0.717) is 39.8 Å². The molecule has 8 heteroatoms. The fraction of sp³-hybridized carbons (Fsp3) is 0.0769. The second kappa shape index (κ2) is 10.7. The number of thioether (sulfide) groups is 1. The number of nitriles is 2. The first-order valence-corrected chi connectivity index (χ1v) is 12.1. The third kappa shape index (κ3) is 4.94. The van der Waals surface area contributed by atoms with Gasteiger partial charge in [-0.25, -0.2) is 9.97 Å². The molecule has 0 bridgehead atoms. The molecule has 0 saturated carbocycles. The highest BCUT2D eigenvalue weighted by Gasteiger charge is 2.21. The Balaban J connectivity index is 1.65. The minimum absolute atomic E-state index is 0.0927. The van der Waals surface area contributed by atoms with E-state index in [4.69, 9.17) is 15.5 Å². The molecule has 34 heavy (non-hydrogen) atoms. The molecule has 0 saturated heterocycles. The summed E-state index contributed by atoms with van der Waals surface area (Å²) in [6, 6.07) is 21.5. The molecular formula is C26H19N5OS2. The largest absolute Gasteiger partial charge is 0.490 e. The molecule has 2 aromatic heterocycles. The van der Waals surface area contributed by atoms with Gasteiger partial charge in [-0.15, -0.1) is 11.3 Å². The zero-order valence-corrected chi connectivity index (χ0v) is 19.7. The van der Waals surface area contributed by atoms with E-state index in [0.717, 1.165) is 16.3 Å². The van der Waals surface area contributed by atoms with Crippen molar-refractivity contribution < 1.29 is 4.74 Å². The van der Waals surface area contributed by atoms with Crippen molar-refractivity contribution >= 4 is 28.9 Å². The number of thiazole rings is 1. The van der Waals surface area contributed by atoms with Gasteiger partial charge in [0.2, 0.25) is 0 Å². The zero-order chi connectivity index (χ0) is 23.9. The number of pyridine rings is 1. The van der Waals surface area contributed by atoms with Gasteiger partial charge >= 0.3 is 0 Å². The Bertz CT molecular complexity index is 1400. The molecule has 0 amide bonds. The van der Waals surface area contributed by atoms with Crippen LogP contribution in [0.25, 0.3) is 22.4 Å². The molecule has 0 aliphatic heterocycles. The molecular weight excluding hydrogens is 462 g/mol. The first-order chi connectivity index (χ1) is 16.6. The smallest absolute Gasteiger partial charge is 0.143 e. The molecule has 0 radical (unpaired) electrons. The van der Waals surface area contributed by atoms with Crippen molar-refractivity contribution in [2.75, 3.05) is 12.3 Å². The molecule has 2 N–H and O–H groups in total. The van der Waals surface area contributed by atoms with Gasteiger partial charge in [0.25, 0.3) is 0 Å². The van der Waals surface area contributed by atoms with Crippen LogP contribution in [0, 0.1) is 22.7 Å². The normalized spacial score (nSPS) is 10.3. The van der Waals surface area contributed by atoms with E-state index in [9.17, 15) is 10.5 Å². The fourth-order valence-corrected chi connectivity index (χ4v) is 5.13. The highest BCUT2D eigenvalue weighted by atomic mass is 32.2. The number of nitrogen functional groups attached to an aromatic ring is 1. The minimum atomic E-state index is 0.0927. The minimum Gasteiger partial charge on any atom is -0.490 e. The van der Waals surface area contributed by atoms with Crippen LogP contribution in [-0.4, -0.2) is 16.6 Å². The summed E-state index contributed by atoms with van der Waals surface area (Å²) in [6.45, 7) is 4.02. The predicted octanol–water partition coefficient (Wildman–Crippen LogP) is 6.05. The number of hydrogen-bond donors (Lipinski definition) is 1. The summed E-state index contributed by atoms with van der Waals surface area (Å²) in [5.41, 5.74) is 9.75. The summed E-state index contributed by atoms with van der Waals surface area (Å²) in [7, 11) is 0. The summed E-state index contributed by atoms with van der Waals surface area (Å²) in [4.78, 5) is 9.08. The van der Waals surface area contributed by atoms with E-state index < -0.39 is 0 Å². The van der Waals surface area contributed by atoms with E-state index in [-0.39, 0.29) is 11.4 Å². The number of hydrogen-bond acceptors (Lipinski definition) is 8. The SMILES string of the molecule is C=CCOc1ccc(-c2c(C#N)c(N)nc(SCc3nc(-c4ccccc4)cs3)c2C#N)cc1. The van der Waals surface area contributed by atoms with Crippen LogP contribution in [0.2, 0.25) is 0 Å². The van der Waals surface area contributed by atoms with E-state index in [1.807, 2.05) is 35.7 Å². The monoisotopic (exact) mass is 481 g/mol. The molecule has 2 aromatic carbocycles. The van der Waals surface area contributed by atoms with Crippen molar-refractivity contribution in [2.45, 2.75) is 10.8 Å². The van der Waals surface area contributed by atoms with Crippen molar-refractivity contribution in [3.63, 3.8) is 0 Å². The molecule has 0 unspecified atom stereocenters. The van der Waals surface area contributed by atoms with E-state index in [1.165, 1.54) is 11.8 Å². The van der Waals surface area contributed by atoms with Crippen LogP contribution >= 0.6 is 23.1 Å². The maximum Gasteiger partial charge on any atom is 0.143 e. The van der Waals surface area contributed by atoms with Gasteiger partial charge in [-0.05, 0) is 17.7 Å².